The summed E-state index contributed by atoms with van der Waals surface area (Å²) in [5.74, 6) is 0.574. The number of nitrogens with zero attached hydrogens (tertiary/aromatic N) is 2. The van der Waals surface area contributed by atoms with Crippen molar-refractivity contribution in [1.82, 2.24) is 15.1 Å². The zero-order valence-corrected chi connectivity index (χ0v) is 12.6. The summed E-state index contributed by atoms with van der Waals surface area (Å²) in [5.41, 5.74) is -0.0866. The van der Waals surface area contributed by atoms with E-state index in [0.29, 0.717) is 12.5 Å². The van der Waals surface area contributed by atoms with Crippen molar-refractivity contribution in [1.29, 1.82) is 0 Å². The van der Waals surface area contributed by atoms with Gasteiger partial charge in [0.25, 0.3) is 0 Å². The zero-order chi connectivity index (χ0) is 13.1. The summed E-state index contributed by atoms with van der Waals surface area (Å²) < 4.78 is 2.68. The smallest absolute Gasteiger partial charge is 0.117 e. The van der Waals surface area contributed by atoms with E-state index in [1.165, 1.54) is 0 Å². The van der Waals surface area contributed by atoms with E-state index < -0.39 is 5.60 Å². The van der Waals surface area contributed by atoms with Crippen LogP contribution in [0.2, 0.25) is 0 Å². The minimum Gasteiger partial charge on any atom is -0.382 e. The van der Waals surface area contributed by atoms with Crippen LogP contribution < -0.4 is 5.32 Å². The van der Waals surface area contributed by atoms with Gasteiger partial charge in [-0.15, -0.1) is 0 Å². The quantitative estimate of drug-likeness (QED) is 0.846. The molecule has 0 aliphatic heterocycles. The summed E-state index contributed by atoms with van der Waals surface area (Å²) in [5, 5.41) is 18.0. The van der Waals surface area contributed by atoms with E-state index in [2.05, 4.69) is 40.2 Å². The molecule has 1 aromatic rings. The Kier molecular flexibility index (Phi) is 5.16. The summed E-state index contributed by atoms with van der Waals surface area (Å²) in [6.45, 7) is 10.3. The standard InChI is InChI=1S/C12H22BrN3O/c1-5-16-11(10(13)7-15-16)12(4,17)8-14-6-9(2)3/h7,9,14,17H,5-6,8H2,1-4H3. The maximum absolute atomic E-state index is 10.5. The molecule has 0 saturated carbocycles. The Balaban J connectivity index is 2.77. The van der Waals surface area contributed by atoms with Crippen molar-refractivity contribution < 1.29 is 5.11 Å². The average molecular weight is 304 g/mol. The molecule has 0 amide bonds. The van der Waals surface area contributed by atoms with Gasteiger partial charge in [-0.1, -0.05) is 13.8 Å². The predicted octanol–water partition coefficient (Wildman–Crippen LogP) is 2.12. The third kappa shape index (κ3) is 3.79. The number of aryl methyl sites for hydroxylation is 1. The molecule has 98 valence electrons. The summed E-state index contributed by atoms with van der Waals surface area (Å²) >= 11 is 3.44. The Morgan fingerprint density at radius 1 is 1.59 bits per heavy atom. The molecule has 0 aliphatic rings. The summed E-state index contributed by atoms with van der Waals surface area (Å²) in [7, 11) is 0. The maximum atomic E-state index is 10.5. The molecule has 1 aromatic heterocycles. The summed E-state index contributed by atoms with van der Waals surface area (Å²) in [4.78, 5) is 0. The molecule has 0 fully saturated rings. The Morgan fingerprint density at radius 3 is 2.76 bits per heavy atom. The first-order valence-electron chi connectivity index (χ1n) is 6.03. The van der Waals surface area contributed by atoms with Gasteiger partial charge in [-0.25, -0.2) is 0 Å². The van der Waals surface area contributed by atoms with Gasteiger partial charge in [0.2, 0.25) is 0 Å². The lowest BCUT2D eigenvalue weighted by Crippen LogP contribution is -2.38. The SMILES string of the molecule is CCn1ncc(Br)c1C(C)(O)CNCC(C)C. The fraction of sp³-hybridized carbons (Fsp3) is 0.750. The number of hydrogen-bond acceptors (Lipinski definition) is 3. The minimum absolute atomic E-state index is 0.523. The molecule has 17 heavy (non-hydrogen) atoms. The second kappa shape index (κ2) is 5.98. The van der Waals surface area contributed by atoms with Gasteiger partial charge in [-0.05, 0) is 42.2 Å². The fourth-order valence-corrected chi connectivity index (χ4v) is 2.55. The second-order valence-corrected chi connectivity index (χ2v) is 5.81. The maximum Gasteiger partial charge on any atom is 0.117 e. The van der Waals surface area contributed by atoms with Gasteiger partial charge in [0, 0.05) is 13.1 Å². The molecule has 1 heterocycles. The molecule has 4 nitrogen and oxygen atoms in total. The molecule has 5 heteroatoms. The van der Waals surface area contributed by atoms with E-state index in [1.807, 2.05) is 18.5 Å². The Hall–Kier alpha value is -0.390. The van der Waals surface area contributed by atoms with Crippen LogP contribution in [0.1, 0.15) is 33.4 Å². The van der Waals surface area contributed by atoms with E-state index in [1.54, 1.807) is 6.20 Å². The van der Waals surface area contributed by atoms with Crippen LogP contribution in [0.4, 0.5) is 0 Å². The van der Waals surface area contributed by atoms with E-state index in [-0.39, 0.29) is 0 Å². The van der Waals surface area contributed by atoms with Crippen molar-refractivity contribution in [2.75, 3.05) is 13.1 Å². The van der Waals surface area contributed by atoms with Gasteiger partial charge in [0.15, 0.2) is 0 Å². The normalized spacial score (nSPS) is 15.2. The third-order valence-corrected chi connectivity index (χ3v) is 3.21. The molecular weight excluding hydrogens is 282 g/mol. The number of hydrogen-bond donors (Lipinski definition) is 2. The van der Waals surface area contributed by atoms with Crippen LogP contribution in [0.5, 0.6) is 0 Å². The molecule has 0 aliphatic carbocycles. The van der Waals surface area contributed by atoms with Gasteiger partial charge in [0.1, 0.15) is 5.60 Å². The van der Waals surface area contributed by atoms with Crippen molar-refractivity contribution in [3.63, 3.8) is 0 Å². The molecule has 1 rings (SSSR count). The summed E-state index contributed by atoms with van der Waals surface area (Å²) in [6, 6.07) is 0. The van der Waals surface area contributed by atoms with E-state index in [0.717, 1.165) is 23.3 Å². The van der Waals surface area contributed by atoms with Crippen molar-refractivity contribution >= 4 is 15.9 Å². The summed E-state index contributed by atoms with van der Waals surface area (Å²) in [6.07, 6.45) is 1.73. The predicted molar refractivity (Wildman–Crippen MR) is 72.9 cm³/mol. The average Bonchev–Trinajstić information content (AvgIpc) is 2.59. The third-order valence-electron chi connectivity index (χ3n) is 2.63. The Bertz CT molecular complexity index is 361. The number of nitrogens with one attached hydrogen (secondary N) is 1. The lowest BCUT2D eigenvalue weighted by molar-refractivity contribution is 0.0463. The molecule has 1 atom stereocenters. The van der Waals surface area contributed by atoms with Gasteiger partial charge in [0.05, 0.1) is 16.4 Å². The van der Waals surface area contributed by atoms with Crippen LogP contribution >= 0.6 is 15.9 Å². The second-order valence-electron chi connectivity index (χ2n) is 4.96. The van der Waals surface area contributed by atoms with Crippen LogP contribution in [0.3, 0.4) is 0 Å². The van der Waals surface area contributed by atoms with E-state index >= 15 is 0 Å². The van der Waals surface area contributed by atoms with Crippen LogP contribution in [-0.4, -0.2) is 28.0 Å². The Morgan fingerprint density at radius 2 is 2.24 bits per heavy atom. The van der Waals surface area contributed by atoms with Crippen LogP contribution in [0.15, 0.2) is 10.7 Å². The molecule has 0 aromatic carbocycles. The first kappa shape index (κ1) is 14.7. The van der Waals surface area contributed by atoms with Gasteiger partial charge in [-0.3, -0.25) is 4.68 Å². The largest absolute Gasteiger partial charge is 0.382 e. The van der Waals surface area contributed by atoms with Crippen LogP contribution in [0.25, 0.3) is 0 Å². The number of aliphatic hydroxyl groups is 1. The van der Waals surface area contributed by atoms with E-state index in [4.69, 9.17) is 0 Å². The van der Waals surface area contributed by atoms with Gasteiger partial charge >= 0.3 is 0 Å². The first-order chi connectivity index (χ1) is 7.88. The minimum atomic E-state index is -0.916. The molecule has 0 radical (unpaired) electrons. The number of aromatic nitrogens is 2. The Labute approximate surface area is 112 Å². The molecule has 0 spiro atoms. The first-order valence-corrected chi connectivity index (χ1v) is 6.82. The molecule has 0 saturated heterocycles. The highest BCUT2D eigenvalue weighted by Crippen LogP contribution is 2.27. The highest BCUT2D eigenvalue weighted by atomic mass is 79.9. The highest BCUT2D eigenvalue weighted by Gasteiger charge is 2.29. The highest BCUT2D eigenvalue weighted by molar-refractivity contribution is 9.10. The molecule has 1 unspecified atom stereocenters. The fourth-order valence-electron chi connectivity index (χ4n) is 1.83. The van der Waals surface area contributed by atoms with Crippen molar-refractivity contribution in [3.8, 4) is 0 Å². The zero-order valence-electron chi connectivity index (χ0n) is 11.0. The van der Waals surface area contributed by atoms with Crippen LogP contribution in [-0.2, 0) is 12.1 Å². The number of rotatable bonds is 6. The van der Waals surface area contributed by atoms with Crippen LogP contribution in [0, 0.1) is 5.92 Å². The van der Waals surface area contributed by atoms with Crippen molar-refractivity contribution in [2.45, 2.75) is 39.8 Å². The number of halogens is 1. The van der Waals surface area contributed by atoms with E-state index in [9.17, 15) is 5.11 Å². The van der Waals surface area contributed by atoms with Crippen molar-refractivity contribution in [2.24, 2.45) is 5.92 Å². The topological polar surface area (TPSA) is 50.1 Å². The lowest BCUT2D eigenvalue weighted by Gasteiger charge is -2.25. The van der Waals surface area contributed by atoms with Crippen molar-refractivity contribution in [3.05, 3.63) is 16.4 Å². The molecule has 0 bridgehead atoms. The van der Waals surface area contributed by atoms with Gasteiger partial charge < -0.3 is 10.4 Å². The van der Waals surface area contributed by atoms with Gasteiger partial charge in [-0.2, -0.15) is 5.10 Å². The monoisotopic (exact) mass is 303 g/mol. The lowest BCUT2D eigenvalue weighted by atomic mass is 10.0. The molecular formula is C12H22BrN3O. The molecule has 2 N–H and O–H groups in total.